The molecule has 0 radical (unpaired) electrons. The number of benzene rings is 1. The van der Waals surface area contributed by atoms with Crippen LogP contribution in [0.15, 0.2) is 54.9 Å². The third-order valence-corrected chi connectivity index (χ3v) is 4.80. The Bertz CT molecular complexity index is 766. The molecule has 25 heavy (non-hydrogen) atoms. The summed E-state index contributed by atoms with van der Waals surface area (Å²) >= 11 is 0. The molecule has 2 N–H and O–H groups in total. The van der Waals surface area contributed by atoms with E-state index in [1.54, 1.807) is 24.5 Å². The van der Waals surface area contributed by atoms with Crippen molar-refractivity contribution in [3.8, 4) is 0 Å². The van der Waals surface area contributed by atoms with E-state index in [4.69, 9.17) is 0 Å². The highest BCUT2D eigenvalue weighted by molar-refractivity contribution is 5.90. The number of pyridine rings is 1. The Labute approximate surface area is 146 Å². The lowest BCUT2D eigenvalue weighted by atomic mass is 10.1. The Morgan fingerprint density at radius 1 is 1.16 bits per heavy atom. The number of carbonyl (C=O) groups is 2. The molecule has 3 atom stereocenters. The van der Waals surface area contributed by atoms with Crippen molar-refractivity contribution in [1.82, 2.24) is 15.2 Å². The van der Waals surface area contributed by atoms with Crippen LogP contribution < -0.4 is 10.6 Å². The largest absolute Gasteiger partial charge is 0.337 e. The average molecular weight is 336 g/mol. The number of hydrogen-bond donors (Lipinski definition) is 2. The van der Waals surface area contributed by atoms with Crippen LogP contribution in [-0.2, 0) is 4.79 Å². The van der Waals surface area contributed by atoms with Gasteiger partial charge in [-0.2, -0.15) is 0 Å². The number of carbonyl (C=O) groups excluding carboxylic acids is 2. The molecular formula is C19H20N4O2. The number of likely N-dealkylation sites (tertiary alicyclic amines) is 1. The maximum Gasteiger partial charge on any atom is 0.319 e. The lowest BCUT2D eigenvalue weighted by Crippen LogP contribution is -2.40. The number of urea groups is 1. The van der Waals surface area contributed by atoms with Crippen LogP contribution in [0.4, 0.5) is 10.5 Å². The molecule has 2 aliphatic rings. The molecule has 6 heteroatoms. The van der Waals surface area contributed by atoms with Gasteiger partial charge in [-0.15, -0.1) is 0 Å². The Morgan fingerprint density at radius 3 is 2.76 bits per heavy atom. The van der Waals surface area contributed by atoms with Crippen LogP contribution in [0.3, 0.4) is 0 Å². The fourth-order valence-corrected chi connectivity index (χ4v) is 3.52. The fraction of sp³-hybridized carbons (Fsp3) is 0.316. The number of nitrogens with zero attached hydrogens (tertiary/aromatic N) is 2. The van der Waals surface area contributed by atoms with Crippen molar-refractivity contribution >= 4 is 17.6 Å². The quantitative estimate of drug-likeness (QED) is 0.900. The molecule has 1 aromatic carbocycles. The van der Waals surface area contributed by atoms with E-state index in [9.17, 15) is 9.59 Å². The molecule has 3 unspecified atom stereocenters. The highest BCUT2D eigenvalue weighted by Gasteiger charge is 2.47. The van der Waals surface area contributed by atoms with E-state index >= 15 is 0 Å². The minimum Gasteiger partial charge on any atom is -0.337 e. The number of amides is 3. The zero-order valence-electron chi connectivity index (χ0n) is 13.8. The molecule has 128 valence electrons. The molecule has 2 heterocycles. The van der Waals surface area contributed by atoms with Crippen molar-refractivity contribution in [2.24, 2.45) is 0 Å². The maximum atomic E-state index is 12.3. The van der Waals surface area contributed by atoms with Gasteiger partial charge in [-0.05, 0) is 24.1 Å². The lowest BCUT2D eigenvalue weighted by molar-refractivity contribution is -0.128. The van der Waals surface area contributed by atoms with Crippen molar-refractivity contribution in [3.05, 3.63) is 60.4 Å². The summed E-state index contributed by atoms with van der Waals surface area (Å²) in [4.78, 5) is 30.3. The van der Waals surface area contributed by atoms with Gasteiger partial charge in [0.05, 0.1) is 17.9 Å². The SMILES string of the molecule is O=C(Nc1cccnc1)NC1CC(=O)N(C2CC2c2ccccc2)C1. The average Bonchev–Trinajstić information content (AvgIpc) is 3.33. The van der Waals surface area contributed by atoms with E-state index in [0.29, 0.717) is 24.6 Å². The van der Waals surface area contributed by atoms with Crippen LogP contribution in [0, 0.1) is 0 Å². The van der Waals surface area contributed by atoms with E-state index in [-0.39, 0.29) is 24.0 Å². The molecule has 1 aromatic heterocycles. The van der Waals surface area contributed by atoms with Gasteiger partial charge in [0.1, 0.15) is 0 Å². The standard InChI is InChI=1S/C19H20N4O2/c24-18-9-15(22-19(25)21-14-7-4-8-20-11-14)12-23(18)17-10-16(17)13-5-2-1-3-6-13/h1-8,11,15-17H,9-10,12H2,(H2,21,22,25). The predicted molar refractivity (Wildman–Crippen MR) is 94.1 cm³/mol. The van der Waals surface area contributed by atoms with Crippen LogP contribution >= 0.6 is 0 Å². The van der Waals surface area contributed by atoms with Crippen molar-refractivity contribution in [1.29, 1.82) is 0 Å². The van der Waals surface area contributed by atoms with Crippen LogP contribution in [-0.4, -0.2) is 40.5 Å². The molecule has 3 amide bonds. The lowest BCUT2D eigenvalue weighted by Gasteiger charge is -2.17. The van der Waals surface area contributed by atoms with E-state index < -0.39 is 0 Å². The summed E-state index contributed by atoms with van der Waals surface area (Å²) in [6.07, 6.45) is 4.60. The predicted octanol–water partition coefficient (Wildman–Crippen LogP) is 2.36. The highest BCUT2D eigenvalue weighted by Crippen LogP contribution is 2.45. The van der Waals surface area contributed by atoms with Gasteiger partial charge in [-0.3, -0.25) is 9.78 Å². The first-order valence-corrected chi connectivity index (χ1v) is 8.52. The fourth-order valence-electron chi connectivity index (χ4n) is 3.52. The van der Waals surface area contributed by atoms with Crippen molar-refractivity contribution in [2.75, 3.05) is 11.9 Å². The first-order chi connectivity index (χ1) is 12.2. The Hall–Kier alpha value is -2.89. The molecule has 2 fully saturated rings. The van der Waals surface area contributed by atoms with Gasteiger partial charge < -0.3 is 15.5 Å². The topological polar surface area (TPSA) is 74.3 Å². The van der Waals surface area contributed by atoms with Crippen LogP contribution in [0.2, 0.25) is 0 Å². The summed E-state index contributed by atoms with van der Waals surface area (Å²) < 4.78 is 0. The van der Waals surface area contributed by atoms with Crippen LogP contribution in [0.1, 0.15) is 24.3 Å². The number of anilines is 1. The molecule has 4 rings (SSSR count). The molecule has 1 aliphatic heterocycles. The van der Waals surface area contributed by atoms with Gasteiger partial charge in [0, 0.05) is 31.1 Å². The van der Waals surface area contributed by atoms with E-state index in [2.05, 4.69) is 27.8 Å². The Balaban J connectivity index is 1.31. The monoisotopic (exact) mass is 336 g/mol. The van der Waals surface area contributed by atoms with Crippen molar-refractivity contribution in [3.63, 3.8) is 0 Å². The van der Waals surface area contributed by atoms with Crippen LogP contribution in [0.25, 0.3) is 0 Å². The minimum absolute atomic E-state index is 0.120. The number of aromatic nitrogens is 1. The highest BCUT2D eigenvalue weighted by atomic mass is 16.2. The van der Waals surface area contributed by atoms with Gasteiger partial charge in [-0.25, -0.2) is 4.79 Å². The Kier molecular flexibility index (Phi) is 4.09. The first-order valence-electron chi connectivity index (χ1n) is 8.52. The molecule has 1 saturated carbocycles. The molecule has 6 nitrogen and oxygen atoms in total. The smallest absolute Gasteiger partial charge is 0.319 e. The van der Waals surface area contributed by atoms with Gasteiger partial charge in [0.2, 0.25) is 5.91 Å². The van der Waals surface area contributed by atoms with Crippen LogP contribution in [0.5, 0.6) is 0 Å². The maximum absolute atomic E-state index is 12.3. The first kappa shape index (κ1) is 15.6. The third-order valence-electron chi connectivity index (χ3n) is 4.80. The summed E-state index contributed by atoms with van der Waals surface area (Å²) in [5.41, 5.74) is 1.92. The minimum atomic E-state index is -0.303. The summed E-state index contributed by atoms with van der Waals surface area (Å²) in [5.74, 6) is 0.545. The van der Waals surface area contributed by atoms with Gasteiger partial charge in [0.25, 0.3) is 0 Å². The number of nitrogens with one attached hydrogen (secondary N) is 2. The van der Waals surface area contributed by atoms with E-state index in [1.807, 2.05) is 23.1 Å². The van der Waals surface area contributed by atoms with Gasteiger partial charge in [0.15, 0.2) is 0 Å². The second-order valence-corrected chi connectivity index (χ2v) is 6.61. The molecule has 0 spiro atoms. The van der Waals surface area contributed by atoms with Crippen molar-refractivity contribution in [2.45, 2.75) is 30.8 Å². The summed E-state index contributed by atoms with van der Waals surface area (Å²) in [5, 5.41) is 5.62. The second-order valence-electron chi connectivity index (χ2n) is 6.61. The molecule has 2 aromatic rings. The zero-order valence-corrected chi connectivity index (χ0v) is 13.8. The summed E-state index contributed by atoms with van der Waals surface area (Å²) in [7, 11) is 0. The molecular weight excluding hydrogens is 316 g/mol. The van der Waals surface area contributed by atoms with Crippen molar-refractivity contribution < 1.29 is 9.59 Å². The van der Waals surface area contributed by atoms with E-state index in [1.165, 1.54) is 5.56 Å². The summed E-state index contributed by atoms with van der Waals surface area (Å²) in [6, 6.07) is 13.6. The second kappa shape index (κ2) is 6.55. The van der Waals surface area contributed by atoms with Gasteiger partial charge in [-0.1, -0.05) is 30.3 Å². The molecule has 1 aliphatic carbocycles. The normalized spacial score (nSPS) is 24.9. The zero-order chi connectivity index (χ0) is 17.2. The summed E-state index contributed by atoms with van der Waals surface area (Å²) in [6.45, 7) is 0.577. The molecule has 1 saturated heterocycles. The molecule has 0 bridgehead atoms. The van der Waals surface area contributed by atoms with E-state index in [0.717, 1.165) is 6.42 Å². The Morgan fingerprint density at radius 2 is 2.00 bits per heavy atom. The third kappa shape index (κ3) is 3.47. The number of hydrogen-bond acceptors (Lipinski definition) is 3. The number of rotatable bonds is 4. The van der Waals surface area contributed by atoms with Gasteiger partial charge >= 0.3 is 6.03 Å².